The van der Waals surface area contributed by atoms with E-state index in [1.54, 1.807) is 0 Å². The molecule has 0 unspecified atom stereocenters. The Bertz CT molecular complexity index is 860. The number of amides is 1. The highest BCUT2D eigenvalue weighted by Gasteiger charge is 2.11. The SMILES string of the molecule is Cc1cc(C)cc(N/C=C(/C#N)C(=O)Nc2ccc([N+](=O)[O-])cc2)c1. The van der Waals surface area contributed by atoms with Gasteiger partial charge in [0.25, 0.3) is 11.6 Å². The molecule has 0 radical (unpaired) electrons. The fourth-order valence-electron chi connectivity index (χ4n) is 2.23. The number of nitro benzene ring substituents is 1. The number of hydrogen-bond acceptors (Lipinski definition) is 5. The van der Waals surface area contributed by atoms with Gasteiger partial charge in [0.05, 0.1) is 4.92 Å². The minimum Gasteiger partial charge on any atom is -0.360 e. The average Bonchev–Trinajstić information content (AvgIpc) is 2.55. The normalized spacial score (nSPS) is 10.7. The van der Waals surface area contributed by atoms with Crippen molar-refractivity contribution in [3.05, 3.63) is 75.5 Å². The average molecular weight is 336 g/mol. The number of carbonyl (C=O) groups excluding carboxylic acids is 1. The van der Waals surface area contributed by atoms with Gasteiger partial charge in [0.15, 0.2) is 0 Å². The molecule has 0 heterocycles. The van der Waals surface area contributed by atoms with Crippen LogP contribution in [0.2, 0.25) is 0 Å². The minimum absolute atomic E-state index is 0.0782. The second kappa shape index (κ2) is 7.75. The summed E-state index contributed by atoms with van der Waals surface area (Å²) in [5.74, 6) is -0.603. The van der Waals surface area contributed by atoms with Crippen LogP contribution in [0.25, 0.3) is 0 Å². The summed E-state index contributed by atoms with van der Waals surface area (Å²) in [6.07, 6.45) is 1.33. The maximum atomic E-state index is 12.1. The van der Waals surface area contributed by atoms with E-state index in [4.69, 9.17) is 0 Å². The zero-order chi connectivity index (χ0) is 18.4. The van der Waals surface area contributed by atoms with Gasteiger partial charge < -0.3 is 10.6 Å². The van der Waals surface area contributed by atoms with Crippen molar-refractivity contribution in [3.63, 3.8) is 0 Å². The largest absolute Gasteiger partial charge is 0.360 e. The number of nitrogens with one attached hydrogen (secondary N) is 2. The summed E-state index contributed by atoms with van der Waals surface area (Å²) < 4.78 is 0. The molecule has 0 bridgehead atoms. The second-order valence-electron chi connectivity index (χ2n) is 5.45. The summed E-state index contributed by atoms with van der Waals surface area (Å²) in [7, 11) is 0. The van der Waals surface area contributed by atoms with E-state index in [1.165, 1.54) is 30.5 Å². The number of rotatable bonds is 5. The standard InChI is InChI=1S/C18H16N4O3/c1-12-7-13(2)9-16(8-12)20-11-14(10-19)18(23)21-15-3-5-17(6-4-15)22(24)25/h3-9,11,20H,1-2H3,(H,21,23)/b14-11-. The Morgan fingerprint density at radius 1 is 1.12 bits per heavy atom. The van der Waals surface area contributed by atoms with E-state index < -0.39 is 10.8 Å². The smallest absolute Gasteiger partial charge is 0.269 e. The van der Waals surface area contributed by atoms with Gasteiger partial charge in [0.2, 0.25) is 0 Å². The van der Waals surface area contributed by atoms with Crippen LogP contribution in [0.4, 0.5) is 17.1 Å². The quantitative estimate of drug-likeness (QED) is 0.375. The lowest BCUT2D eigenvalue weighted by molar-refractivity contribution is -0.384. The lowest BCUT2D eigenvalue weighted by Crippen LogP contribution is -2.14. The number of non-ortho nitro benzene ring substituents is 1. The number of nitrogens with zero attached hydrogens (tertiary/aromatic N) is 2. The Kier molecular flexibility index (Phi) is 5.48. The summed E-state index contributed by atoms with van der Waals surface area (Å²) in [4.78, 5) is 22.2. The Labute approximate surface area is 144 Å². The van der Waals surface area contributed by atoms with Crippen LogP contribution in [-0.4, -0.2) is 10.8 Å². The molecule has 2 N–H and O–H groups in total. The van der Waals surface area contributed by atoms with E-state index >= 15 is 0 Å². The molecule has 0 atom stereocenters. The predicted octanol–water partition coefficient (Wildman–Crippen LogP) is 3.67. The van der Waals surface area contributed by atoms with E-state index in [1.807, 2.05) is 38.1 Å². The zero-order valence-corrected chi connectivity index (χ0v) is 13.7. The predicted molar refractivity (Wildman–Crippen MR) is 95.0 cm³/mol. The number of nitro groups is 1. The lowest BCUT2D eigenvalue weighted by atomic mass is 10.1. The molecule has 0 saturated carbocycles. The first-order valence-corrected chi connectivity index (χ1v) is 7.40. The molecule has 7 heteroatoms. The number of aryl methyl sites for hydroxylation is 2. The van der Waals surface area contributed by atoms with Crippen molar-refractivity contribution >= 4 is 23.0 Å². The summed E-state index contributed by atoms with van der Waals surface area (Å²) in [6.45, 7) is 3.91. The first-order chi connectivity index (χ1) is 11.9. The van der Waals surface area contributed by atoms with E-state index in [0.29, 0.717) is 5.69 Å². The maximum Gasteiger partial charge on any atom is 0.269 e. The van der Waals surface area contributed by atoms with Crippen LogP contribution in [-0.2, 0) is 4.79 Å². The molecule has 1 amide bonds. The first kappa shape index (κ1) is 17.7. The lowest BCUT2D eigenvalue weighted by Gasteiger charge is -2.06. The molecule has 0 aliphatic carbocycles. The highest BCUT2D eigenvalue weighted by atomic mass is 16.6. The molecular weight excluding hydrogens is 320 g/mol. The number of carbonyl (C=O) groups is 1. The van der Waals surface area contributed by atoms with E-state index in [9.17, 15) is 20.2 Å². The van der Waals surface area contributed by atoms with Gasteiger partial charge in [-0.3, -0.25) is 14.9 Å². The molecule has 2 aromatic carbocycles. The maximum absolute atomic E-state index is 12.1. The van der Waals surface area contributed by atoms with Crippen molar-refractivity contribution in [1.82, 2.24) is 0 Å². The fraction of sp³-hybridized carbons (Fsp3) is 0.111. The van der Waals surface area contributed by atoms with Crippen LogP contribution in [0.3, 0.4) is 0 Å². The van der Waals surface area contributed by atoms with Gasteiger partial charge in [-0.15, -0.1) is 0 Å². The van der Waals surface area contributed by atoms with Crippen molar-refractivity contribution in [2.24, 2.45) is 0 Å². The highest BCUT2D eigenvalue weighted by molar-refractivity contribution is 6.06. The Hall–Kier alpha value is -3.66. The van der Waals surface area contributed by atoms with Gasteiger partial charge in [-0.25, -0.2) is 0 Å². The first-order valence-electron chi connectivity index (χ1n) is 7.40. The van der Waals surface area contributed by atoms with Gasteiger partial charge in [-0.05, 0) is 49.2 Å². The van der Waals surface area contributed by atoms with Crippen molar-refractivity contribution in [2.45, 2.75) is 13.8 Å². The molecule has 25 heavy (non-hydrogen) atoms. The molecule has 0 spiro atoms. The summed E-state index contributed by atoms with van der Waals surface area (Å²) in [5.41, 5.74) is 3.06. The third kappa shape index (κ3) is 4.91. The van der Waals surface area contributed by atoms with E-state index in [2.05, 4.69) is 10.6 Å². The van der Waals surface area contributed by atoms with Gasteiger partial charge in [-0.2, -0.15) is 5.26 Å². The number of nitriles is 1. The molecule has 126 valence electrons. The highest BCUT2D eigenvalue weighted by Crippen LogP contribution is 2.17. The molecule has 0 aromatic heterocycles. The van der Waals surface area contributed by atoms with Crippen LogP contribution in [0.1, 0.15) is 11.1 Å². The monoisotopic (exact) mass is 336 g/mol. The van der Waals surface area contributed by atoms with E-state index in [-0.39, 0.29) is 11.3 Å². The summed E-state index contributed by atoms with van der Waals surface area (Å²) >= 11 is 0. The van der Waals surface area contributed by atoms with Gasteiger partial charge in [-0.1, -0.05) is 6.07 Å². The van der Waals surface area contributed by atoms with Crippen molar-refractivity contribution in [3.8, 4) is 6.07 Å². The van der Waals surface area contributed by atoms with Gasteiger partial charge in [0.1, 0.15) is 11.6 Å². The molecule has 0 aliphatic rings. The Morgan fingerprint density at radius 2 is 1.72 bits per heavy atom. The molecule has 0 fully saturated rings. The molecule has 0 saturated heterocycles. The van der Waals surface area contributed by atoms with Gasteiger partial charge >= 0.3 is 0 Å². The Balaban J connectivity index is 2.09. The molecule has 0 aliphatic heterocycles. The van der Waals surface area contributed by atoms with Crippen LogP contribution >= 0.6 is 0 Å². The third-order valence-electron chi connectivity index (χ3n) is 3.31. The van der Waals surface area contributed by atoms with E-state index in [0.717, 1.165) is 16.8 Å². The number of hydrogen-bond donors (Lipinski definition) is 2. The molecule has 7 nitrogen and oxygen atoms in total. The van der Waals surface area contributed by atoms with Gasteiger partial charge in [0, 0.05) is 29.7 Å². The third-order valence-corrected chi connectivity index (χ3v) is 3.31. The van der Waals surface area contributed by atoms with Crippen molar-refractivity contribution in [2.75, 3.05) is 10.6 Å². The summed E-state index contributed by atoms with van der Waals surface area (Å²) in [6, 6.07) is 13.0. The number of anilines is 2. The minimum atomic E-state index is -0.603. The topological polar surface area (TPSA) is 108 Å². The van der Waals surface area contributed by atoms with Crippen LogP contribution in [0.5, 0.6) is 0 Å². The van der Waals surface area contributed by atoms with Crippen molar-refractivity contribution < 1.29 is 9.72 Å². The molecule has 2 rings (SSSR count). The van der Waals surface area contributed by atoms with Crippen molar-refractivity contribution in [1.29, 1.82) is 5.26 Å². The fourth-order valence-corrected chi connectivity index (χ4v) is 2.23. The van der Waals surface area contributed by atoms with Crippen LogP contribution < -0.4 is 10.6 Å². The second-order valence-corrected chi connectivity index (χ2v) is 5.45. The van der Waals surface area contributed by atoms with Crippen LogP contribution in [0, 0.1) is 35.3 Å². The van der Waals surface area contributed by atoms with Crippen LogP contribution in [0.15, 0.2) is 54.2 Å². The molecule has 2 aromatic rings. The number of benzene rings is 2. The zero-order valence-electron chi connectivity index (χ0n) is 13.7. The molecular formula is C18H16N4O3. The Morgan fingerprint density at radius 3 is 2.24 bits per heavy atom. The summed E-state index contributed by atoms with van der Waals surface area (Å²) in [5, 5.41) is 25.2.